The number of amides is 1. The summed E-state index contributed by atoms with van der Waals surface area (Å²) >= 11 is 1.35. The van der Waals surface area contributed by atoms with Crippen LogP contribution >= 0.6 is 11.3 Å². The number of hydrogen-bond donors (Lipinski definition) is 2. The first-order valence-corrected chi connectivity index (χ1v) is 9.95. The molecule has 1 amide bonds. The molecule has 2 N–H and O–H groups in total. The van der Waals surface area contributed by atoms with Gasteiger partial charge in [0.2, 0.25) is 0 Å². The molecule has 6 nitrogen and oxygen atoms in total. The molecule has 2 aromatic carbocycles. The number of thiophene rings is 1. The molecule has 2 heterocycles. The lowest BCUT2D eigenvalue weighted by Crippen LogP contribution is -2.43. The summed E-state index contributed by atoms with van der Waals surface area (Å²) in [5.41, 5.74) is 1.11. The maximum Gasteiger partial charge on any atom is 0.329 e. The minimum Gasteiger partial charge on any atom is -0.464 e. The molecule has 4 rings (SSSR count). The summed E-state index contributed by atoms with van der Waals surface area (Å²) in [6.07, 6.45) is 0.103. The number of esters is 1. The average molecular weight is 411 g/mol. The van der Waals surface area contributed by atoms with Crippen LogP contribution in [0.25, 0.3) is 21.1 Å². The van der Waals surface area contributed by atoms with Gasteiger partial charge in [-0.2, -0.15) is 0 Å². The summed E-state index contributed by atoms with van der Waals surface area (Å²) in [6, 6.07) is 12.8. The lowest BCUT2D eigenvalue weighted by molar-refractivity contribution is -0.145. The largest absolute Gasteiger partial charge is 0.464 e. The predicted molar refractivity (Wildman–Crippen MR) is 109 cm³/mol. The van der Waals surface area contributed by atoms with E-state index in [4.69, 9.17) is 4.74 Å². The van der Waals surface area contributed by atoms with Crippen LogP contribution in [0.3, 0.4) is 0 Å². The van der Waals surface area contributed by atoms with Crippen LogP contribution in [0.15, 0.2) is 48.5 Å². The zero-order chi connectivity index (χ0) is 20.4. The highest BCUT2D eigenvalue weighted by atomic mass is 32.1. The summed E-state index contributed by atoms with van der Waals surface area (Å²) in [7, 11) is 0. The molecule has 0 fully saturated rings. The normalized spacial score (nSPS) is 12.2. The van der Waals surface area contributed by atoms with Gasteiger partial charge in [-0.1, -0.05) is 18.2 Å². The van der Waals surface area contributed by atoms with Gasteiger partial charge in [-0.3, -0.25) is 4.79 Å². The van der Waals surface area contributed by atoms with Gasteiger partial charge in [-0.25, -0.2) is 14.2 Å². The number of hydrogen-bond acceptors (Lipinski definition) is 5. The maximum atomic E-state index is 13.4. The standard InChI is InChI=1S/C21H18FN3O3S/c1-2-28-21(27)16(11-19-23-14-8-7-13(22)10-15(14)24-19)25-20(26)18-9-12-5-3-4-6-17(12)29-18/h3-10,16H,2,11H2,1H3,(H,23,24)(H,25,26)/t16-/m1/s1. The van der Waals surface area contributed by atoms with E-state index in [2.05, 4.69) is 15.3 Å². The summed E-state index contributed by atoms with van der Waals surface area (Å²) in [5.74, 6) is -0.826. The number of H-pyrrole nitrogens is 1. The maximum absolute atomic E-state index is 13.4. The van der Waals surface area contributed by atoms with E-state index < -0.39 is 12.0 Å². The van der Waals surface area contributed by atoms with E-state index in [-0.39, 0.29) is 24.8 Å². The molecule has 0 aliphatic rings. The first-order chi connectivity index (χ1) is 14.0. The van der Waals surface area contributed by atoms with Gasteiger partial charge < -0.3 is 15.0 Å². The Bertz CT molecular complexity index is 1170. The molecule has 0 saturated carbocycles. The third-order valence-corrected chi connectivity index (χ3v) is 5.53. The molecule has 0 saturated heterocycles. The van der Waals surface area contributed by atoms with Gasteiger partial charge in [0.1, 0.15) is 17.7 Å². The highest BCUT2D eigenvalue weighted by molar-refractivity contribution is 7.20. The lowest BCUT2D eigenvalue weighted by Gasteiger charge is -2.15. The lowest BCUT2D eigenvalue weighted by atomic mass is 10.2. The van der Waals surface area contributed by atoms with Crippen molar-refractivity contribution in [1.82, 2.24) is 15.3 Å². The third kappa shape index (κ3) is 4.12. The fraction of sp³-hybridized carbons (Fsp3) is 0.190. The second-order valence-electron chi connectivity index (χ2n) is 6.48. The molecule has 4 aromatic rings. The molecule has 2 aromatic heterocycles. The van der Waals surface area contributed by atoms with Crippen molar-refractivity contribution in [2.45, 2.75) is 19.4 Å². The first kappa shape index (κ1) is 19.1. The van der Waals surface area contributed by atoms with Crippen LogP contribution in [0.2, 0.25) is 0 Å². The number of imidazole rings is 1. The number of carbonyl (C=O) groups is 2. The number of nitrogens with zero attached hydrogens (tertiary/aromatic N) is 1. The van der Waals surface area contributed by atoms with Crippen molar-refractivity contribution >= 4 is 44.3 Å². The molecule has 8 heteroatoms. The Morgan fingerprint density at radius 1 is 1.24 bits per heavy atom. The van der Waals surface area contributed by atoms with E-state index in [9.17, 15) is 14.0 Å². The van der Waals surface area contributed by atoms with E-state index in [1.807, 2.05) is 24.3 Å². The van der Waals surface area contributed by atoms with Crippen molar-refractivity contribution in [1.29, 1.82) is 0 Å². The van der Waals surface area contributed by atoms with E-state index in [1.165, 1.54) is 23.5 Å². The van der Waals surface area contributed by atoms with Crippen LogP contribution in [-0.2, 0) is 16.0 Å². The fourth-order valence-electron chi connectivity index (χ4n) is 3.08. The number of carbonyl (C=O) groups excluding carboxylic acids is 2. The van der Waals surface area contributed by atoms with Crippen molar-refractivity contribution in [2.75, 3.05) is 6.61 Å². The molecule has 0 spiro atoms. The number of rotatable bonds is 6. The van der Waals surface area contributed by atoms with Gasteiger partial charge in [-0.15, -0.1) is 11.3 Å². The molecular weight excluding hydrogens is 393 g/mol. The van der Waals surface area contributed by atoms with Crippen LogP contribution in [0, 0.1) is 5.82 Å². The minimum atomic E-state index is -0.918. The number of aromatic amines is 1. The molecule has 1 atom stereocenters. The average Bonchev–Trinajstić information content (AvgIpc) is 3.30. The smallest absolute Gasteiger partial charge is 0.329 e. The second kappa shape index (κ2) is 8.00. The molecule has 0 unspecified atom stereocenters. The Morgan fingerprint density at radius 2 is 2.07 bits per heavy atom. The summed E-state index contributed by atoms with van der Waals surface area (Å²) in [6.45, 7) is 1.90. The number of benzene rings is 2. The Morgan fingerprint density at radius 3 is 2.86 bits per heavy atom. The topological polar surface area (TPSA) is 84.1 Å². The fourth-order valence-corrected chi connectivity index (χ4v) is 4.05. The molecule has 0 aliphatic heterocycles. The Kier molecular flexibility index (Phi) is 5.26. The Balaban J connectivity index is 1.57. The molecule has 0 radical (unpaired) electrons. The predicted octanol–water partition coefficient (Wildman–Crippen LogP) is 3.82. The van der Waals surface area contributed by atoms with Crippen LogP contribution in [0.4, 0.5) is 4.39 Å². The zero-order valence-corrected chi connectivity index (χ0v) is 16.4. The molecule has 0 bridgehead atoms. The number of fused-ring (bicyclic) bond motifs is 2. The first-order valence-electron chi connectivity index (χ1n) is 9.13. The van der Waals surface area contributed by atoms with Crippen molar-refractivity contribution in [3.63, 3.8) is 0 Å². The summed E-state index contributed by atoms with van der Waals surface area (Å²) in [4.78, 5) is 33.0. The van der Waals surface area contributed by atoms with Crippen molar-refractivity contribution in [2.24, 2.45) is 0 Å². The van der Waals surface area contributed by atoms with E-state index in [0.717, 1.165) is 10.1 Å². The van der Waals surface area contributed by atoms with Crippen molar-refractivity contribution in [3.05, 3.63) is 65.0 Å². The monoisotopic (exact) mass is 411 g/mol. The van der Waals surface area contributed by atoms with Gasteiger partial charge in [0.15, 0.2) is 0 Å². The molecule has 29 heavy (non-hydrogen) atoms. The Hall–Kier alpha value is -3.26. The van der Waals surface area contributed by atoms with E-state index in [0.29, 0.717) is 21.7 Å². The van der Waals surface area contributed by atoms with Crippen molar-refractivity contribution < 1.29 is 18.7 Å². The highest BCUT2D eigenvalue weighted by Crippen LogP contribution is 2.25. The minimum absolute atomic E-state index is 0.103. The number of aromatic nitrogens is 2. The number of halogens is 1. The van der Waals surface area contributed by atoms with Crippen LogP contribution in [-0.4, -0.2) is 34.5 Å². The van der Waals surface area contributed by atoms with Crippen molar-refractivity contribution in [3.8, 4) is 0 Å². The van der Waals surface area contributed by atoms with Gasteiger partial charge >= 0.3 is 5.97 Å². The van der Waals surface area contributed by atoms with E-state index >= 15 is 0 Å². The summed E-state index contributed by atoms with van der Waals surface area (Å²) < 4.78 is 19.5. The third-order valence-electron chi connectivity index (χ3n) is 4.42. The summed E-state index contributed by atoms with van der Waals surface area (Å²) in [5, 5.41) is 3.71. The zero-order valence-electron chi connectivity index (χ0n) is 15.6. The second-order valence-corrected chi connectivity index (χ2v) is 7.56. The molecular formula is C21H18FN3O3S. The molecule has 148 valence electrons. The van der Waals surface area contributed by atoms with Crippen LogP contribution in [0.5, 0.6) is 0 Å². The highest BCUT2D eigenvalue weighted by Gasteiger charge is 2.25. The SMILES string of the molecule is CCOC(=O)[C@@H](Cc1nc2ccc(F)cc2[nH]1)NC(=O)c1cc2ccccc2s1. The van der Waals surface area contributed by atoms with Crippen LogP contribution < -0.4 is 5.32 Å². The van der Waals surface area contributed by atoms with Crippen LogP contribution in [0.1, 0.15) is 22.4 Å². The number of ether oxygens (including phenoxy) is 1. The van der Waals surface area contributed by atoms with Gasteiger partial charge in [0.05, 0.1) is 22.5 Å². The van der Waals surface area contributed by atoms with E-state index in [1.54, 1.807) is 19.1 Å². The van der Waals surface area contributed by atoms with Gasteiger partial charge in [-0.05, 0) is 42.6 Å². The Labute approximate surface area is 169 Å². The van der Waals surface area contributed by atoms with Gasteiger partial charge in [0, 0.05) is 11.1 Å². The number of nitrogens with one attached hydrogen (secondary N) is 2. The molecule has 0 aliphatic carbocycles. The quantitative estimate of drug-likeness (QED) is 0.473. The van der Waals surface area contributed by atoms with Gasteiger partial charge in [0.25, 0.3) is 5.91 Å².